The van der Waals surface area contributed by atoms with Gasteiger partial charge in [0, 0.05) is 38.8 Å². The molecule has 1 heterocycles. The maximum absolute atomic E-state index is 13.2. The third-order valence-electron chi connectivity index (χ3n) is 3.54. The summed E-state index contributed by atoms with van der Waals surface area (Å²) in [7, 11) is 1.94. The molecule has 1 unspecified atom stereocenters. The van der Waals surface area contributed by atoms with Gasteiger partial charge in [-0.15, -0.1) is 0 Å². The summed E-state index contributed by atoms with van der Waals surface area (Å²) < 4.78 is 13.2. The fourth-order valence-corrected chi connectivity index (χ4v) is 2.45. The van der Waals surface area contributed by atoms with Gasteiger partial charge in [-0.1, -0.05) is 12.1 Å². The Bertz CT molecular complexity index is 364. The van der Waals surface area contributed by atoms with Crippen LogP contribution in [0.25, 0.3) is 0 Å². The Morgan fingerprint density at radius 3 is 2.83 bits per heavy atom. The van der Waals surface area contributed by atoms with Crippen molar-refractivity contribution in [1.82, 2.24) is 15.5 Å². The number of rotatable bonds is 5. The van der Waals surface area contributed by atoms with Crippen LogP contribution in [-0.2, 0) is 0 Å². The predicted octanol–water partition coefficient (Wildman–Crippen LogP) is 1.38. The first kappa shape index (κ1) is 13.5. The van der Waals surface area contributed by atoms with E-state index < -0.39 is 0 Å². The van der Waals surface area contributed by atoms with Crippen LogP contribution in [0.15, 0.2) is 24.3 Å². The molecule has 1 atom stereocenters. The van der Waals surface area contributed by atoms with Gasteiger partial charge in [-0.05, 0) is 31.2 Å². The fraction of sp³-hybridized carbons (Fsp3) is 0.571. The lowest BCUT2D eigenvalue weighted by atomic mass is 10.0. The second-order valence-corrected chi connectivity index (χ2v) is 4.78. The molecule has 100 valence electrons. The Morgan fingerprint density at radius 2 is 2.17 bits per heavy atom. The number of benzene rings is 1. The molecule has 0 bridgehead atoms. The van der Waals surface area contributed by atoms with Crippen molar-refractivity contribution < 1.29 is 4.39 Å². The quantitative estimate of drug-likeness (QED) is 0.828. The number of hydrogen-bond acceptors (Lipinski definition) is 3. The van der Waals surface area contributed by atoms with E-state index in [1.807, 2.05) is 13.1 Å². The first-order chi connectivity index (χ1) is 8.79. The molecule has 1 aliphatic rings. The Hall–Kier alpha value is -0.970. The van der Waals surface area contributed by atoms with Gasteiger partial charge < -0.3 is 15.5 Å². The van der Waals surface area contributed by atoms with Crippen molar-refractivity contribution >= 4 is 0 Å². The summed E-state index contributed by atoms with van der Waals surface area (Å²) in [5, 5.41) is 6.62. The highest BCUT2D eigenvalue weighted by molar-refractivity contribution is 5.20. The van der Waals surface area contributed by atoms with Crippen molar-refractivity contribution in [2.75, 3.05) is 39.8 Å². The molecule has 1 saturated heterocycles. The summed E-state index contributed by atoms with van der Waals surface area (Å²) in [6.07, 6.45) is 1.01. The summed E-state index contributed by atoms with van der Waals surface area (Å²) in [6.45, 7) is 5.43. The highest BCUT2D eigenvalue weighted by Crippen LogP contribution is 2.17. The number of nitrogens with one attached hydrogen (secondary N) is 2. The third-order valence-corrected chi connectivity index (χ3v) is 3.54. The largest absolute Gasteiger partial charge is 0.314 e. The number of hydrogen-bond donors (Lipinski definition) is 2. The number of piperazine rings is 1. The van der Waals surface area contributed by atoms with E-state index in [1.165, 1.54) is 6.07 Å². The molecule has 1 fully saturated rings. The maximum Gasteiger partial charge on any atom is 0.123 e. The normalized spacial score (nSPS) is 18.8. The van der Waals surface area contributed by atoms with Crippen LogP contribution in [0.5, 0.6) is 0 Å². The van der Waals surface area contributed by atoms with Gasteiger partial charge in [-0.3, -0.25) is 0 Å². The number of nitrogens with zero attached hydrogens (tertiary/aromatic N) is 1. The Balaban J connectivity index is 1.88. The molecule has 0 saturated carbocycles. The summed E-state index contributed by atoms with van der Waals surface area (Å²) in [5.41, 5.74) is 1.03. The van der Waals surface area contributed by atoms with Crippen LogP contribution in [0.4, 0.5) is 4.39 Å². The minimum atomic E-state index is -0.157. The van der Waals surface area contributed by atoms with Gasteiger partial charge in [0.2, 0.25) is 0 Å². The van der Waals surface area contributed by atoms with Crippen molar-refractivity contribution in [1.29, 1.82) is 0 Å². The monoisotopic (exact) mass is 251 g/mol. The first-order valence-corrected chi connectivity index (χ1v) is 6.65. The average Bonchev–Trinajstić information content (AvgIpc) is 2.41. The molecule has 4 heteroatoms. The SMILES string of the molecule is CNC(CCN1CCNCC1)c1cccc(F)c1. The van der Waals surface area contributed by atoms with Crippen molar-refractivity contribution in [2.24, 2.45) is 0 Å². The molecule has 2 rings (SSSR count). The summed E-state index contributed by atoms with van der Waals surface area (Å²) in [5.74, 6) is -0.157. The van der Waals surface area contributed by atoms with E-state index in [0.29, 0.717) is 0 Å². The van der Waals surface area contributed by atoms with Gasteiger partial charge in [0.05, 0.1) is 0 Å². The zero-order valence-corrected chi connectivity index (χ0v) is 11.0. The molecule has 2 N–H and O–H groups in total. The van der Waals surface area contributed by atoms with Crippen molar-refractivity contribution in [2.45, 2.75) is 12.5 Å². The number of halogens is 1. The van der Waals surface area contributed by atoms with Crippen LogP contribution in [0.2, 0.25) is 0 Å². The summed E-state index contributed by atoms with van der Waals surface area (Å²) in [4.78, 5) is 2.46. The van der Waals surface area contributed by atoms with Gasteiger partial charge in [-0.2, -0.15) is 0 Å². The van der Waals surface area contributed by atoms with E-state index in [1.54, 1.807) is 12.1 Å². The minimum Gasteiger partial charge on any atom is -0.314 e. The van der Waals surface area contributed by atoms with Gasteiger partial charge in [0.25, 0.3) is 0 Å². The molecule has 1 aromatic carbocycles. The Labute approximate surface area is 108 Å². The van der Waals surface area contributed by atoms with E-state index in [9.17, 15) is 4.39 Å². The van der Waals surface area contributed by atoms with Crippen LogP contribution in [0, 0.1) is 5.82 Å². The lowest BCUT2D eigenvalue weighted by Crippen LogP contribution is -2.44. The second-order valence-electron chi connectivity index (χ2n) is 4.78. The van der Waals surface area contributed by atoms with Gasteiger partial charge in [0.1, 0.15) is 5.82 Å². The molecule has 0 aromatic heterocycles. The molecule has 0 spiro atoms. The van der Waals surface area contributed by atoms with Gasteiger partial charge >= 0.3 is 0 Å². The Kier molecular flexibility index (Phi) is 5.11. The first-order valence-electron chi connectivity index (χ1n) is 6.65. The van der Waals surface area contributed by atoms with Crippen LogP contribution in [0.3, 0.4) is 0 Å². The predicted molar refractivity (Wildman–Crippen MR) is 72.1 cm³/mol. The van der Waals surface area contributed by atoms with Gasteiger partial charge in [0.15, 0.2) is 0 Å². The van der Waals surface area contributed by atoms with Crippen LogP contribution >= 0.6 is 0 Å². The molecule has 1 aliphatic heterocycles. The van der Waals surface area contributed by atoms with Crippen LogP contribution < -0.4 is 10.6 Å². The topological polar surface area (TPSA) is 27.3 Å². The highest BCUT2D eigenvalue weighted by Gasteiger charge is 2.14. The average molecular weight is 251 g/mol. The molecular formula is C14H22FN3. The smallest absolute Gasteiger partial charge is 0.123 e. The zero-order valence-electron chi connectivity index (χ0n) is 11.0. The van der Waals surface area contributed by atoms with Gasteiger partial charge in [-0.25, -0.2) is 4.39 Å². The maximum atomic E-state index is 13.2. The van der Waals surface area contributed by atoms with E-state index in [-0.39, 0.29) is 11.9 Å². The van der Waals surface area contributed by atoms with E-state index in [2.05, 4.69) is 15.5 Å². The van der Waals surface area contributed by atoms with Crippen molar-refractivity contribution in [3.05, 3.63) is 35.6 Å². The lowest BCUT2D eigenvalue weighted by molar-refractivity contribution is 0.229. The molecule has 18 heavy (non-hydrogen) atoms. The van der Waals surface area contributed by atoms with E-state index >= 15 is 0 Å². The Morgan fingerprint density at radius 1 is 1.39 bits per heavy atom. The zero-order chi connectivity index (χ0) is 12.8. The van der Waals surface area contributed by atoms with E-state index in [4.69, 9.17) is 0 Å². The lowest BCUT2D eigenvalue weighted by Gasteiger charge is -2.29. The van der Waals surface area contributed by atoms with Crippen molar-refractivity contribution in [3.63, 3.8) is 0 Å². The molecule has 3 nitrogen and oxygen atoms in total. The highest BCUT2D eigenvalue weighted by atomic mass is 19.1. The molecule has 0 amide bonds. The molecule has 0 radical (unpaired) electrons. The van der Waals surface area contributed by atoms with Crippen LogP contribution in [-0.4, -0.2) is 44.7 Å². The molecule has 1 aromatic rings. The third kappa shape index (κ3) is 3.77. The fourth-order valence-electron chi connectivity index (χ4n) is 2.45. The minimum absolute atomic E-state index is 0.157. The summed E-state index contributed by atoms with van der Waals surface area (Å²) >= 11 is 0. The van der Waals surface area contributed by atoms with Crippen LogP contribution in [0.1, 0.15) is 18.0 Å². The van der Waals surface area contributed by atoms with E-state index in [0.717, 1.165) is 44.7 Å². The molecule has 0 aliphatic carbocycles. The summed E-state index contributed by atoms with van der Waals surface area (Å²) in [6, 6.07) is 7.11. The molecular weight excluding hydrogens is 229 g/mol. The standard InChI is InChI=1S/C14H22FN3/c1-16-14(12-3-2-4-13(15)11-12)5-8-18-9-6-17-7-10-18/h2-4,11,14,16-17H,5-10H2,1H3. The van der Waals surface area contributed by atoms with Crippen molar-refractivity contribution in [3.8, 4) is 0 Å². The second kappa shape index (κ2) is 6.83.